The SMILES string of the molecule is CC(C)(C)OC(=O)NC[C@H]1CCCN(C(=O)c2ccc3c(c2)OCCO3)C1. The minimum absolute atomic E-state index is 0.0195. The Morgan fingerprint density at radius 3 is 2.70 bits per heavy atom. The highest BCUT2D eigenvalue weighted by Crippen LogP contribution is 2.31. The molecule has 2 heterocycles. The fourth-order valence-corrected chi connectivity index (χ4v) is 3.32. The van der Waals surface area contributed by atoms with E-state index in [1.165, 1.54) is 0 Å². The number of nitrogens with one attached hydrogen (secondary N) is 1. The Kier molecular flexibility index (Phi) is 5.77. The summed E-state index contributed by atoms with van der Waals surface area (Å²) in [6, 6.07) is 5.31. The fourth-order valence-electron chi connectivity index (χ4n) is 3.32. The van der Waals surface area contributed by atoms with E-state index in [2.05, 4.69) is 5.32 Å². The van der Waals surface area contributed by atoms with Gasteiger partial charge in [0.15, 0.2) is 11.5 Å². The molecule has 7 heteroatoms. The molecule has 0 radical (unpaired) electrons. The van der Waals surface area contributed by atoms with E-state index in [9.17, 15) is 9.59 Å². The zero-order chi connectivity index (χ0) is 19.4. The van der Waals surface area contributed by atoms with Crippen molar-refractivity contribution < 1.29 is 23.8 Å². The van der Waals surface area contributed by atoms with E-state index in [0.29, 0.717) is 43.4 Å². The summed E-state index contributed by atoms with van der Waals surface area (Å²) in [5, 5.41) is 2.81. The number of carbonyl (C=O) groups excluding carboxylic acids is 2. The van der Waals surface area contributed by atoms with Crippen LogP contribution in [0.3, 0.4) is 0 Å². The van der Waals surface area contributed by atoms with Crippen LogP contribution in [0, 0.1) is 5.92 Å². The first-order valence-corrected chi connectivity index (χ1v) is 9.47. The zero-order valence-electron chi connectivity index (χ0n) is 16.2. The summed E-state index contributed by atoms with van der Waals surface area (Å²) in [6.45, 7) is 8.35. The Balaban J connectivity index is 1.56. The highest BCUT2D eigenvalue weighted by Gasteiger charge is 2.26. The minimum Gasteiger partial charge on any atom is -0.486 e. The molecule has 0 aromatic heterocycles. The van der Waals surface area contributed by atoms with E-state index in [-0.39, 0.29) is 11.8 Å². The van der Waals surface area contributed by atoms with Gasteiger partial charge in [-0.2, -0.15) is 0 Å². The average Bonchev–Trinajstić information content (AvgIpc) is 2.64. The highest BCUT2D eigenvalue weighted by atomic mass is 16.6. The summed E-state index contributed by atoms with van der Waals surface area (Å²) < 4.78 is 16.3. The second-order valence-electron chi connectivity index (χ2n) is 8.00. The van der Waals surface area contributed by atoms with E-state index in [0.717, 1.165) is 19.4 Å². The van der Waals surface area contributed by atoms with Crippen LogP contribution in [-0.2, 0) is 4.74 Å². The van der Waals surface area contributed by atoms with Crippen molar-refractivity contribution in [1.82, 2.24) is 10.2 Å². The fraction of sp³-hybridized carbons (Fsp3) is 0.600. The van der Waals surface area contributed by atoms with Gasteiger partial charge in [-0.3, -0.25) is 4.79 Å². The zero-order valence-corrected chi connectivity index (χ0v) is 16.2. The van der Waals surface area contributed by atoms with Crippen LogP contribution in [0.5, 0.6) is 11.5 Å². The number of alkyl carbamates (subject to hydrolysis) is 1. The molecule has 0 spiro atoms. The molecule has 0 aliphatic carbocycles. The lowest BCUT2D eigenvalue weighted by molar-refractivity contribution is 0.0502. The van der Waals surface area contributed by atoms with Crippen molar-refractivity contribution in [2.24, 2.45) is 5.92 Å². The van der Waals surface area contributed by atoms with Crippen LogP contribution in [0.25, 0.3) is 0 Å². The predicted octanol–water partition coefficient (Wildman–Crippen LogP) is 2.83. The number of fused-ring (bicyclic) bond motifs is 1. The molecule has 3 rings (SSSR count). The summed E-state index contributed by atoms with van der Waals surface area (Å²) in [7, 11) is 0. The maximum absolute atomic E-state index is 12.9. The third kappa shape index (κ3) is 5.28. The van der Waals surface area contributed by atoms with Gasteiger partial charge in [0.05, 0.1) is 0 Å². The lowest BCUT2D eigenvalue weighted by atomic mass is 9.97. The van der Waals surface area contributed by atoms with Crippen molar-refractivity contribution in [1.29, 1.82) is 0 Å². The number of hydrogen-bond donors (Lipinski definition) is 1. The van der Waals surface area contributed by atoms with Gasteiger partial charge in [0.25, 0.3) is 5.91 Å². The number of carbonyl (C=O) groups is 2. The van der Waals surface area contributed by atoms with Crippen LogP contribution in [0.4, 0.5) is 4.79 Å². The Labute approximate surface area is 160 Å². The van der Waals surface area contributed by atoms with Crippen LogP contribution < -0.4 is 14.8 Å². The first kappa shape index (κ1) is 19.3. The van der Waals surface area contributed by atoms with E-state index in [1.54, 1.807) is 18.2 Å². The molecule has 2 aliphatic heterocycles. The molecule has 2 amide bonds. The van der Waals surface area contributed by atoms with E-state index in [4.69, 9.17) is 14.2 Å². The van der Waals surface area contributed by atoms with Crippen LogP contribution in [0.15, 0.2) is 18.2 Å². The van der Waals surface area contributed by atoms with E-state index >= 15 is 0 Å². The topological polar surface area (TPSA) is 77.1 Å². The lowest BCUT2D eigenvalue weighted by Gasteiger charge is -2.33. The summed E-state index contributed by atoms with van der Waals surface area (Å²) >= 11 is 0. The Hall–Kier alpha value is -2.44. The van der Waals surface area contributed by atoms with E-state index < -0.39 is 11.7 Å². The molecular formula is C20H28N2O5. The monoisotopic (exact) mass is 376 g/mol. The molecule has 7 nitrogen and oxygen atoms in total. The van der Waals surface area contributed by atoms with Gasteiger partial charge in [-0.15, -0.1) is 0 Å². The third-order valence-electron chi connectivity index (χ3n) is 4.53. The number of piperidine rings is 1. The average molecular weight is 376 g/mol. The van der Waals surface area contributed by atoms with Gasteiger partial charge in [-0.25, -0.2) is 4.79 Å². The highest BCUT2D eigenvalue weighted by molar-refractivity contribution is 5.95. The van der Waals surface area contributed by atoms with Gasteiger partial charge < -0.3 is 24.4 Å². The molecular weight excluding hydrogens is 348 g/mol. The van der Waals surface area contributed by atoms with Crippen LogP contribution in [0.2, 0.25) is 0 Å². The Bertz CT molecular complexity index is 698. The van der Waals surface area contributed by atoms with Crippen molar-refractivity contribution in [3.8, 4) is 11.5 Å². The van der Waals surface area contributed by atoms with Crippen LogP contribution in [-0.4, -0.2) is 55.3 Å². The first-order valence-electron chi connectivity index (χ1n) is 9.47. The summed E-state index contributed by atoms with van der Waals surface area (Å²) in [6.07, 6.45) is 1.47. The first-order chi connectivity index (χ1) is 12.8. The van der Waals surface area contributed by atoms with E-state index in [1.807, 2.05) is 25.7 Å². The lowest BCUT2D eigenvalue weighted by Crippen LogP contribution is -2.44. The van der Waals surface area contributed by atoms with Crippen LogP contribution >= 0.6 is 0 Å². The molecule has 1 N–H and O–H groups in total. The third-order valence-corrected chi connectivity index (χ3v) is 4.53. The van der Waals surface area contributed by atoms with Gasteiger partial charge >= 0.3 is 6.09 Å². The summed E-state index contributed by atoms with van der Waals surface area (Å²) in [5.74, 6) is 1.49. The second kappa shape index (κ2) is 8.06. The molecule has 148 valence electrons. The van der Waals surface area contributed by atoms with Crippen molar-refractivity contribution in [3.05, 3.63) is 23.8 Å². The number of likely N-dealkylation sites (tertiary alicyclic amines) is 1. The minimum atomic E-state index is -0.517. The van der Waals surface area contributed by atoms with Gasteiger partial charge in [0.1, 0.15) is 18.8 Å². The number of ether oxygens (including phenoxy) is 3. The molecule has 0 bridgehead atoms. The van der Waals surface area contributed by atoms with Crippen molar-refractivity contribution in [2.75, 3.05) is 32.8 Å². The largest absolute Gasteiger partial charge is 0.486 e. The van der Waals surface area contributed by atoms with Crippen LogP contribution in [0.1, 0.15) is 44.0 Å². The maximum Gasteiger partial charge on any atom is 0.407 e. The van der Waals surface area contributed by atoms with Gasteiger partial charge in [0.2, 0.25) is 0 Å². The van der Waals surface area contributed by atoms with Crippen molar-refractivity contribution in [3.63, 3.8) is 0 Å². The molecule has 2 aliphatic rings. The predicted molar refractivity (Wildman–Crippen MR) is 100 cm³/mol. The second-order valence-corrected chi connectivity index (χ2v) is 8.00. The quantitative estimate of drug-likeness (QED) is 0.878. The number of hydrogen-bond acceptors (Lipinski definition) is 5. The van der Waals surface area contributed by atoms with Gasteiger partial charge in [-0.05, 0) is 57.7 Å². The Morgan fingerprint density at radius 2 is 1.96 bits per heavy atom. The van der Waals surface area contributed by atoms with Crippen molar-refractivity contribution >= 4 is 12.0 Å². The number of rotatable bonds is 3. The number of amides is 2. The normalized spacial score (nSPS) is 19.4. The molecule has 1 fully saturated rings. The standard InChI is InChI=1S/C20H28N2O5/c1-20(2,3)27-19(24)21-12-14-5-4-8-22(13-14)18(23)15-6-7-16-17(11-15)26-10-9-25-16/h6-7,11,14H,4-5,8-10,12-13H2,1-3H3,(H,21,24)/t14-/m1/s1. The molecule has 1 saturated heterocycles. The maximum atomic E-state index is 12.9. The molecule has 0 unspecified atom stereocenters. The molecule has 1 atom stereocenters. The number of nitrogens with zero attached hydrogens (tertiary/aromatic N) is 1. The van der Waals surface area contributed by atoms with Crippen molar-refractivity contribution in [2.45, 2.75) is 39.2 Å². The molecule has 27 heavy (non-hydrogen) atoms. The number of benzene rings is 1. The molecule has 0 saturated carbocycles. The molecule has 1 aromatic rings. The Morgan fingerprint density at radius 1 is 1.22 bits per heavy atom. The van der Waals surface area contributed by atoms with Gasteiger partial charge in [-0.1, -0.05) is 0 Å². The molecule has 1 aromatic carbocycles. The summed E-state index contributed by atoms with van der Waals surface area (Å²) in [4.78, 5) is 26.6. The smallest absolute Gasteiger partial charge is 0.407 e. The summed E-state index contributed by atoms with van der Waals surface area (Å²) in [5.41, 5.74) is 0.0802. The van der Waals surface area contributed by atoms with Gasteiger partial charge in [0, 0.05) is 25.2 Å².